The molecule has 0 bridgehead atoms. The van der Waals surface area contributed by atoms with Gasteiger partial charge in [0.05, 0.1) is 0 Å². The molecule has 0 radical (unpaired) electrons. The summed E-state index contributed by atoms with van der Waals surface area (Å²) < 4.78 is 0. The number of thioether (sulfide) groups is 1. The van der Waals surface area contributed by atoms with Gasteiger partial charge in [-0.1, -0.05) is 23.4 Å². The van der Waals surface area contributed by atoms with Gasteiger partial charge in [-0.25, -0.2) is 0 Å². The summed E-state index contributed by atoms with van der Waals surface area (Å²) in [6.07, 6.45) is 0. The second-order valence-electron chi connectivity index (χ2n) is 1.21. The van der Waals surface area contributed by atoms with Crippen molar-refractivity contribution in [1.29, 1.82) is 0 Å². The van der Waals surface area contributed by atoms with Gasteiger partial charge in [-0.3, -0.25) is 4.79 Å². The third-order valence-electron chi connectivity index (χ3n) is 0.635. The van der Waals surface area contributed by atoms with Crippen molar-refractivity contribution < 1.29 is 4.79 Å². The fourth-order valence-electron chi connectivity index (χ4n) is 0.360. The summed E-state index contributed by atoms with van der Waals surface area (Å²) >= 11 is 6.68. The number of hydrogen-bond donors (Lipinski definition) is 1. The van der Waals surface area contributed by atoms with Crippen molar-refractivity contribution >= 4 is 28.6 Å². The van der Waals surface area contributed by atoms with Gasteiger partial charge in [-0.2, -0.15) is 0 Å². The largest absolute Gasteiger partial charge is 0.330 e. The van der Waals surface area contributed by atoms with Crippen LogP contribution < -0.4 is 5.32 Å². The molecule has 2 nitrogen and oxygen atoms in total. The van der Waals surface area contributed by atoms with Crippen LogP contribution >= 0.6 is 23.4 Å². The van der Waals surface area contributed by atoms with Crippen LogP contribution in [0, 0.1) is 0 Å². The van der Waals surface area contributed by atoms with Gasteiger partial charge in [-0.05, 0) is 0 Å². The molecule has 0 aromatic heterocycles. The molecule has 1 rings (SSSR count). The Morgan fingerprint density at radius 2 is 2.71 bits per heavy atom. The van der Waals surface area contributed by atoms with Gasteiger partial charge in [0.2, 0.25) is 0 Å². The molecule has 1 N–H and O–H groups in total. The van der Waals surface area contributed by atoms with Crippen LogP contribution in [0.4, 0.5) is 4.79 Å². The van der Waals surface area contributed by atoms with Crippen LogP contribution in [0.2, 0.25) is 0 Å². The van der Waals surface area contributed by atoms with E-state index in [1.165, 1.54) is 11.8 Å². The first kappa shape index (κ1) is 5.25. The van der Waals surface area contributed by atoms with E-state index in [0.717, 1.165) is 0 Å². The van der Waals surface area contributed by atoms with Crippen molar-refractivity contribution in [3.8, 4) is 0 Å². The summed E-state index contributed by atoms with van der Waals surface area (Å²) in [6, 6.07) is 0. The topological polar surface area (TPSA) is 29.1 Å². The second-order valence-corrected chi connectivity index (χ2v) is 2.73. The third kappa shape index (κ3) is 1.24. The lowest BCUT2D eigenvalue weighted by atomic mass is 10.8. The predicted octanol–water partition coefficient (Wildman–Crippen LogP) is 1.01. The maximum Gasteiger partial charge on any atom is 0.280 e. The van der Waals surface area contributed by atoms with Crippen molar-refractivity contribution in [2.24, 2.45) is 0 Å². The van der Waals surface area contributed by atoms with Crippen LogP contribution in [-0.2, 0) is 0 Å². The summed E-state index contributed by atoms with van der Waals surface area (Å²) in [5.41, 5.74) is -0.141. The van der Waals surface area contributed by atoms with Crippen molar-refractivity contribution in [3.05, 3.63) is 0 Å². The fourth-order valence-corrected chi connectivity index (χ4v) is 1.32. The molecule has 0 saturated carbocycles. The molecular formula is C3H4ClNOS. The van der Waals surface area contributed by atoms with Crippen LogP contribution in [0.25, 0.3) is 0 Å². The smallest absolute Gasteiger partial charge is 0.280 e. The highest BCUT2D eigenvalue weighted by Gasteiger charge is 2.17. The molecule has 7 heavy (non-hydrogen) atoms. The Hall–Kier alpha value is 0.110. The van der Waals surface area contributed by atoms with E-state index < -0.39 is 0 Å². The highest BCUT2D eigenvalue weighted by Crippen LogP contribution is 2.14. The lowest BCUT2D eigenvalue weighted by molar-refractivity contribution is 0.262. The number of nitrogens with one attached hydrogen (secondary N) is 1. The Bertz CT molecular complexity index is 96.9. The Morgan fingerprint density at radius 3 is 2.86 bits per heavy atom. The monoisotopic (exact) mass is 137 g/mol. The van der Waals surface area contributed by atoms with E-state index in [-0.39, 0.29) is 10.7 Å². The van der Waals surface area contributed by atoms with E-state index in [1.54, 1.807) is 0 Å². The molecule has 1 heterocycles. The fraction of sp³-hybridized carbons (Fsp3) is 0.667. The summed E-state index contributed by atoms with van der Waals surface area (Å²) in [4.78, 5) is 10.2. The minimum atomic E-state index is -0.141. The molecule has 0 aromatic carbocycles. The van der Waals surface area contributed by atoms with Crippen molar-refractivity contribution in [3.63, 3.8) is 0 Å². The van der Waals surface area contributed by atoms with E-state index in [1.807, 2.05) is 0 Å². The lowest BCUT2D eigenvalue weighted by Gasteiger charge is -1.91. The lowest BCUT2D eigenvalue weighted by Crippen LogP contribution is -2.19. The molecule has 0 spiro atoms. The first-order valence-electron chi connectivity index (χ1n) is 1.86. The predicted molar refractivity (Wildman–Crippen MR) is 30.6 cm³/mol. The van der Waals surface area contributed by atoms with Crippen LogP contribution in [0.5, 0.6) is 0 Å². The maximum atomic E-state index is 10.2. The van der Waals surface area contributed by atoms with Gasteiger partial charge in [0.1, 0.15) is 5.50 Å². The van der Waals surface area contributed by atoms with Crippen molar-refractivity contribution in [2.75, 3.05) is 5.75 Å². The molecule has 40 valence electrons. The molecular weight excluding hydrogens is 134 g/mol. The van der Waals surface area contributed by atoms with E-state index in [0.29, 0.717) is 5.75 Å². The Kier molecular flexibility index (Phi) is 1.44. The number of rotatable bonds is 0. The minimum absolute atomic E-state index is 0.0139. The number of alkyl halides is 1. The molecule has 1 saturated heterocycles. The number of carbonyl (C=O) groups is 1. The van der Waals surface area contributed by atoms with Crippen molar-refractivity contribution in [1.82, 2.24) is 5.32 Å². The number of carbonyl (C=O) groups excluding carboxylic acids is 1. The summed E-state index contributed by atoms with van der Waals surface area (Å²) in [6.45, 7) is 0. The van der Waals surface area contributed by atoms with Crippen LogP contribution in [0.15, 0.2) is 0 Å². The van der Waals surface area contributed by atoms with Gasteiger partial charge in [0.15, 0.2) is 0 Å². The minimum Gasteiger partial charge on any atom is -0.330 e. The van der Waals surface area contributed by atoms with Gasteiger partial charge in [-0.15, -0.1) is 0 Å². The van der Waals surface area contributed by atoms with Crippen LogP contribution in [0.1, 0.15) is 0 Å². The summed E-state index contributed by atoms with van der Waals surface area (Å²) in [5.74, 6) is 0.695. The van der Waals surface area contributed by atoms with Crippen molar-refractivity contribution in [2.45, 2.75) is 5.50 Å². The average Bonchev–Trinajstić information content (AvgIpc) is 1.87. The summed E-state index contributed by atoms with van der Waals surface area (Å²) in [7, 11) is 0. The Balaban J connectivity index is 2.40. The third-order valence-corrected chi connectivity index (χ3v) is 1.96. The first-order valence-corrected chi connectivity index (χ1v) is 3.28. The highest BCUT2D eigenvalue weighted by atomic mass is 35.5. The summed E-state index contributed by atoms with van der Waals surface area (Å²) in [5, 5.41) is 2.49. The highest BCUT2D eigenvalue weighted by molar-refractivity contribution is 8.14. The number of hydrogen-bond acceptors (Lipinski definition) is 2. The normalized spacial score (nSPS) is 30.4. The first-order chi connectivity index (χ1) is 3.29. The van der Waals surface area contributed by atoms with E-state index >= 15 is 0 Å². The van der Waals surface area contributed by atoms with E-state index in [2.05, 4.69) is 5.32 Å². The standard InChI is InChI=1S/C3H4ClNOS/c4-2-1-7-3(6)5-2/h2H,1H2,(H,5,6). The Labute approximate surface area is 50.6 Å². The zero-order valence-corrected chi connectivity index (χ0v) is 5.05. The molecule has 0 aliphatic carbocycles. The van der Waals surface area contributed by atoms with Gasteiger partial charge >= 0.3 is 0 Å². The second kappa shape index (κ2) is 1.92. The van der Waals surface area contributed by atoms with Gasteiger partial charge in [0, 0.05) is 5.75 Å². The number of amides is 1. The zero-order chi connectivity index (χ0) is 5.28. The van der Waals surface area contributed by atoms with Gasteiger partial charge < -0.3 is 5.32 Å². The molecule has 1 amide bonds. The SMILES string of the molecule is O=C1NC(Cl)CS1. The molecule has 1 atom stereocenters. The molecule has 1 fully saturated rings. The molecule has 1 unspecified atom stereocenters. The quantitative estimate of drug-likeness (QED) is 0.399. The molecule has 0 aromatic rings. The molecule has 4 heteroatoms. The maximum absolute atomic E-state index is 10.2. The van der Waals surface area contributed by atoms with Crippen LogP contribution in [-0.4, -0.2) is 16.5 Å². The zero-order valence-electron chi connectivity index (χ0n) is 3.48. The number of halogens is 1. The van der Waals surface area contributed by atoms with Gasteiger partial charge in [0.25, 0.3) is 5.24 Å². The van der Waals surface area contributed by atoms with Crippen LogP contribution in [0.3, 0.4) is 0 Å². The van der Waals surface area contributed by atoms with E-state index in [4.69, 9.17) is 11.6 Å². The van der Waals surface area contributed by atoms with E-state index in [9.17, 15) is 4.79 Å². The average molecular weight is 138 g/mol. The molecule has 1 aliphatic rings. The Morgan fingerprint density at radius 1 is 2.00 bits per heavy atom. The molecule has 1 aliphatic heterocycles.